The third kappa shape index (κ3) is 3.04. The smallest absolute Gasteiger partial charge is 0.259 e. The number of anilines is 1. The fourth-order valence-electron chi connectivity index (χ4n) is 2.90. The lowest BCUT2D eigenvalue weighted by Crippen LogP contribution is -2.49. The highest BCUT2D eigenvalue weighted by molar-refractivity contribution is 5.95. The number of methoxy groups -OCH3 is 1. The maximum Gasteiger partial charge on any atom is 0.259 e. The molecule has 1 saturated heterocycles. The van der Waals surface area contributed by atoms with Crippen LogP contribution in [-0.4, -0.2) is 44.1 Å². The van der Waals surface area contributed by atoms with Gasteiger partial charge in [0.25, 0.3) is 5.91 Å². The molecule has 1 heterocycles. The molecule has 1 aliphatic rings. The Labute approximate surface area is 139 Å². The molecular weight excluding hydrogens is 314 g/mol. The molecule has 0 aliphatic carbocycles. The fourth-order valence-corrected chi connectivity index (χ4v) is 2.90. The normalized spacial score (nSPS) is 14.6. The largest absolute Gasteiger partial charge is 0.495 e. The van der Waals surface area contributed by atoms with E-state index in [1.54, 1.807) is 7.11 Å². The number of benzene rings is 2. The number of piperazine rings is 1. The zero-order valence-corrected chi connectivity index (χ0v) is 13.3. The highest BCUT2D eigenvalue weighted by Gasteiger charge is 2.27. The quantitative estimate of drug-likeness (QED) is 0.866. The third-order valence-corrected chi connectivity index (χ3v) is 4.17. The summed E-state index contributed by atoms with van der Waals surface area (Å²) in [5.41, 5.74) is 0.465. The Kier molecular flexibility index (Phi) is 4.64. The number of ether oxygens (including phenoxy) is 1. The van der Waals surface area contributed by atoms with Crippen molar-refractivity contribution >= 4 is 11.6 Å². The topological polar surface area (TPSA) is 32.8 Å². The zero-order chi connectivity index (χ0) is 17.1. The van der Waals surface area contributed by atoms with Gasteiger partial charge in [0.1, 0.15) is 22.9 Å². The predicted molar refractivity (Wildman–Crippen MR) is 87.5 cm³/mol. The summed E-state index contributed by atoms with van der Waals surface area (Å²) in [6, 6.07) is 11.1. The molecule has 2 aromatic carbocycles. The van der Waals surface area contributed by atoms with Crippen LogP contribution in [0.3, 0.4) is 0 Å². The summed E-state index contributed by atoms with van der Waals surface area (Å²) in [6.45, 7) is 1.93. The Morgan fingerprint density at radius 3 is 2.21 bits per heavy atom. The Bertz CT molecular complexity index is 723. The van der Waals surface area contributed by atoms with Crippen LogP contribution in [0.25, 0.3) is 0 Å². The summed E-state index contributed by atoms with van der Waals surface area (Å²) in [4.78, 5) is 16.0. The molecule has 0 bridgehead atoms. The van der Waals surface area contributed by atoms with Crippen molar-refractivity contribution in [3.63, 3.8) is 0 Å². The minimum Gasteiger partial charge on any atom is -0.495 e. The Balaban J connectivity index is 1.72. The molecule has 4 nitrogen and oxygen atoms in total. The lowest BCUT2D eigenvalue weighted by atomic mass is 10.1. The minimum absolute atomic E-state index is 0.394. The lowest BCUT2D eigenvalue weighted by Gasteiger charge is -2.36. The number of rotatable bonds is 3. The minimum atomic E-state index is -0.827. The third-order valence-electron chi connectivity index (χ3n) is 4.17. The monoisotopic (exact) mass is 332 g/mol. The molecule has 0 radical (unpaired) electrons. The van der Waals surface area contributed by atoms with E-state index in [-0.39, 0.29) is 0 Å². The van der Waals surface area contributed by atoms with E-state index < -0.39 is 23.1 Å². The van der Waals surface area contributed by atoms with E-state index in [2.05, 4.69) is 4.90 Å². The van der Waals surface area contributed by atoms with Gasteiger partial charge in [-0.1, -0.05) is 18.2 Å². The Morgan fingerprint density at radius 1 is 0.958 bits per heavy atom. The predicted octanol–water partition coefficient (Wildman–Crippen LogP) is 2.94. The summed E-state index contributed by atoms with van der Waals surface area (Å²) >= 11 is 0. The number of amides is 1. The van der Waals surface area contributed by atoms with E-state index in [9.17, 15) is 13.6 Å². The van der Waals surface area contributed by atoms with Crippen LogP contribution in [0.5, 0.6) is 5.75 Å². The van der Waals surface area contributed by atoms with Gasteiger partial charge in [-0.2, -0.15) is 0 Å². The van der Waals surface area contributed by atoms with Crippen molar-refractivity contribution in [1.82, 2.24) is 4.90 Å². The van der Waals surface area contributed by atoms with E-state index in [1.165, 1.54) is 11.0 Å². The maximum atomic E-state index is 13.8. The van der Waals surface area contributed by atoms with E-state index >= 15 is 0 Å². The molecule has 126 valence electrons. The number of carbonyl (C=O) groups excluding carboxylic acids is 1. The fraction of sp³-hybridized carbons (Fsp3) is 0.278. The SMILES string of the molecule is COc1ccccc1N1CCN(C(=O)c2c(F)cccc2F)CC1. The van der Waals surface area contributed by atoms with Crippen LogP contribution in [0.2, 0.25) is 0 Å². The first kappa shape index (κ1) is 16.2. The van der Waals surface area contributed by atoms with Crippen molar-refractivity contribution in [3.05, 3.63) is 59.7 Å². The molecule has 1 amide bonds. The molecule has 0 atom stereocenters. The molecule has 24 heavy (non-hydrogen) atoms. The molecule has 2 aromatic rings. The lowest BCUT2D eigenvalue weighted by molar-refractivity contribution is 0.0737. The van der Waals surface area contributed by atoms with E-state index in [4.69, 9.17) is 4.74 Å². The summed E-state index contributed by atoms with van der Waals surface area (Å²) in [7, 11) is 1.61. The van der Waals surface area contributed by atoms with Gasteiger partial charge < -0.3 is 14.5 Å². The van der Waals surface area contributed by atoms with E-state index in [0.29, 0.717) is 26.2 Å². The average molecular weight is 332 g/mol. The van der Waals surface area contributed by atoms with Crippen molar-refractivity contribution in [3.8, 4) is 5.75 Å². The van der Waals surface area contributed by atoms with Crippen LogP contribution in [0.15, 0.2) is 42.5 Å². The van der Waals surface area contributed by atoms with Gasteiger partial charge in [-0.25, -0.2) is 8.78 Å². The summed E-state index contributed by atoms with van der Waals surface area (Å²) < 4.78 is 32.9. The number of halogens is 2. The van der Waals surface area contributed by atoms with Crippen molar-refractivity contribution in [2.24, 2.45) is 0 Å². The van der Waals surface area contributed by atoms with Crippen LogP contribution in [0.4, 0.5) is 14.5 Å². The van der Waals surface area contributed by atoms with Gasteiger partial charge >= 0.3 is 0 Å². The molecule has 1 fully saturated rings. The average Bonchev–Trinajstić information content (AvgIpc) is 2.61. The van der Waals surface area contributed by atoms with Crippen LogP contribution >= 0.6 is 0 Å². The molecule has 1 aliphatic heterocycles. The number of nitrogens with zero attached hydrogens (tertiary/aromatic N) is 2. The number of carbonyl (C=O) groups is 1. The molecular formula is C18H18F2N2O2. The summed E-state index contributed by atoms with van der Waals surface area (Å²) in [6.07, 6.45) is 0. The highest BCUT2D eigenvalue weighted by atomic mass is 19.1. The van der Waals surface area contributed by atoms with Gasteiger partial charge in [0.05, 0.1) is 12.8 Å². The molecule has 0 saturated carbocycles. The summed E-state index contributed by atoms with van der Waals surface area (Å²) in [5, 5.41) is 0. The van der Waals surface area contributed by atoms with Crippen molar-refractivity contribution in [2.75, 3.05) is 38.2 Å². The first-order valence-corrected chi connectivity index (χ1v) is 7.73. The summed E-state index contributed by atoms with van der Waals surface area (Å²) in [5.74, 6) is -1.50. The second kappa shape index (κ2) is 6.86. The highest BCUT2D eigenvalue weighted by Crippen LogP contribution is 2.28. The Morgan fingerprint density at radius 2 is 1.58 bits per heavy atom. The van der Waals surface area contributed by atoms with Crippen molar-refractivity contribution in [2.45, 2.75) is 0 Å². The van der Waals surface area contributed by atoms with Crippen LogP contribution < -0.4 is 9.64 Å². The van der Waals surface area contributed by atoms with Crippen LogP contribution in [0, 0.1) is 11.6 Å². The van der Waals surface area contributed by atoms with Gasteiger partial charge in [0.2, 0.25) is 0 Å². The second-order valence-electron chi connectivity index (χ2n) is 5.55. The van der Waals surface area contributed by atoms with Gasteiger partial charge in [0, 0.05) is 26.2 Å². The van der Waals surface area contributed by atoms with Crippen LogP contribution in [0.1, 0.15) is 10.4 Å². The molecule has 0 N–H and O–H groups in total. The zero-order valence-electron chi connectivity index (χ0n) is 13.3. The number of para-hydroxylation sites is 2. The first-order valence-electron chi connectivity index (χ1n) is 7.73. The molecule has 3 rings (SSSR count). The molecule has 0 aromatic heterocycles. The van der Waals surface area contributed by atoms with Gasteiger partial charge in [0.15, 0.2) is 0 Å². The van der Waals surface area contributed by atoms with Gasteiger partial charge in [-0.15, -0.1) is 0 Å². The molecule has 0 spiro atoms. The number of hydrogen-bond donors (Lipinski definition) is 0. The standard InChI is InChI=1S/C18H18F2N2O2/c1-24-16-8-3-2-7-15(16)21-9-11-22(12-10-21)18(23)17-13(19)5-4-6-14(17)20/h2-8H,9-12H2,1H3. The van der Waals surface area contributed by atoms with Crippen molar-refractivity contribution in [1.29, 1.82) is 0 Å². The first-order chi connectivity index (χ1) is 11.6. The molecule has 6 heteroatoms. The number of hydrogen-bond acceptors (Lipinski definition) is 3. The van der Waals surface area contributed by atoms with E-state index in [1.807, 2.05) is 24.3 Å². The second-order valence-corrected chi connectivity index (χ2v) is 5.55. The van der Waals surface area contributed by atoms with Crippen molar-refractivity contribution < 1.29 is 18.3 Å². The Hall–Kier alpha value is -2.63. The molecule has 0 unspecified atom stereocenters. The maximum absolute atomic E-state index is 13.8. The van der Waals surface area contributed by atoms with E-state index in [0.717, 1.165) is 23.6 Å². The van der Waals surface area contributed by atoms with Gasteiger partial charge in [-0.05, 0) is 24.3 Å². The van der Waals surface area contributed by atoms with Crippen LogP contribution in [-0.2, 0) is 0 Å². The van der Waals surface area contributed by atoms with Gasteiger partial charge in [-0.3, -0.25) is 4.79 Å².